The van der Waals surface area contributed by atoms with Crippen LogP contribution >= 0.6 is 0 Å². The lowest BCUT2D eigenvalue weighted by molar-refractivity contribution is -0.915. The van der Waals surface area contributed by atoms with E-state index in [0.717, 1.165) is 11.1 Å². The van der Waals surface area contributed by atoms with Gasteiger partial charge in [0.1, 0.15) is 18.2 Å². The molecule has 2 aliphatic carbocycles. The fraction of sp³-hybridized carbons (Fsp3) is 0.524. The van der Waals surface area contributed by atoms with E-state index in [-0.39, 0.29) is 37.5 Å². The third kappa shape index (κ3) is 2.76. The van der Waals surface area contributed by atoms with Crippen molar-refractivity contribution in [2.24, 2.45) is 0 Å². The largest absolute Gasteiger partial charge is 0.632 e. The van der Waals surface area contributed by atoms with Crippen LogP contribution in [0.4, 0.5) is 13.2 Å². The number of ether oxygens (including phenoxy) is 1. The predicted molar refractivity (Wildman–Crippen MR) is 101 cm³/mol. The highest BCUT2D eigenvalue weighted by molar-refractivity contribution is 5.90. The predicted octanol–water partition coefficient (Wildman–Crippen LogP) is 1.39. The number of rotatable bonds is 1. The lowest BCUT2D eigenvalue weighted by atomic mass is 9.49. The van der Waals surface area contributed by atoms with Gasteiger partial charge in [-0.15, -0.1) is 6.42 Å². The van der Waals surface area contributed by atoms with Crippen molar-refractivity contribution < 1.29 is 47.5 Å². The number of aliphatic hydroxyl groups is 1. The van der Waals surface area contributed by atoms with Crippen molar-refractivity contribution in [3.63, 3.8) is 0 Å². The molecule has 1 aromatic rings. The molecule has 2 aliphatic heterocycles. The molecule has 0 amide bonds. The number of phenols is 1. The molecule has 2 fully saturated rings. The van der Waals surface area contributed by atoms with Crippen LogP contribution in [0.25, 0.3) is 0 Å². The standard InChI is InChI=1S/C19H19NO5.C2HF3O2/c1-2-8-20(24)9-7-18-15-11-3-4-12(21)16(15)25-17(18)13(22)5-6-19(18,23)14(20)10-11;3-2(4,5)1(6)7/h1,3-4,14,17,21,23H,5-10H2;(H,6,7)/t14-,17+,18+,19-,20?;/m1./s1. The van der Waals surface area contributed by atoms with Crippen molar-refractivity contribution in [2.45, 2.75) is 55.0 Å². The number of aromatic hydroxyl groups is 1. The van der Waals surface area contributed by atoms with Gasteiger partial charge >= 0.3 is 12.1 Å². The normalized spacial score (nSPS) is 36.2. The minimum absolute atomic E-state index is 0.00278. The van der Waals surface area contributed by atoms with Crippen LogP contribution in [0.15, 0.2) is 12.1 Å². The number of benzene rings is 1. The highest BCUT2D eigenvalue weighted by Gasteiger charge is 2.75. The Morgan fingerprint density at radius 2 is 2.03 bits per heavy atom. The van der Waals surface area contributed by atoms with Crippen molar-refractivity contribution in [3.8, 4) is 23.8 Å². The minimum atomic E-state index is -5.08. The molecule has 0 radical (unpaired) electrons. The van der Waals surface area contributed by atoms with Gasteiger partial charge in [0.15, 0.2) is 23.4 Å². The van der Waals surface area contributed by atoms with E-state index in [2.05, 4.69) is 5.92 Å². The Balaban J connectivity index is 0.000000307. The van der Waals surface area contributed by atoms with Gasteiger partial charge < -0.3 is 29.9 Å². The molecule has 1 saturated heterocycles. The molecular formula is C21H20F3NO7. The lowest BCUT2D eigenvalue weighted by Gasteiger charge is -2.66. The monoisotopic (exact) mass is 455 g/mol. The summed E-state index contributed by atoms with van der Waals surface area (Å²) in [7, 11) is 0. The number of halogens is 3. The number of piperidine rings is 1. The van der Waals surface area contributed by atoms with Gasteiger partial charge in [-0.05, 0) is 24.0 Å². The van der Waals surface area contributed by atoms with E-state index < -0.39 is 40.0 Å². The first-order chi connectivity index (χ1) is 14.8. The number of ketones is 1. The Labute approximate surface area is 180 Å². The maximum atomic E-state index is 13.5. The Bertz CT molecular complexity index is 1050. The highest BCUT2D eigenvalue weighted by Crippen LogP contribution is 2.65. The zero-order chi connectivity index (χ0) is 23.7. The molecule has 3 N–H and O–H groups in total. The smallest absolute Gasteiger partial charge is 0.490 e. The number of terminal acetylenes is 1. The number of hydrogen-bond acceptors (Lipinski definition) is 6. The Hall–Kier alpha value is -2.81. The number of hydroxylamine groups is 3. The number of aliphatic carboxylic acids is 1. The zero-order valence-corrected chi connectivity index (χ0v) is 16.7. The fourth-order valence-electron chi connectivity index (χ4n) is 5.93. The van der Waals surface area contributed by atoms with Crippen LogP contribution in [-0.4, -0.2) is 68.7 Å². The third-order valence-corrected chi connectivity index (χ3v) is 7.19. The molecule has 32 heavy (non-hydrogen) atoms. The molecule has 0 aromatic heterocycles. The summed E-state index contributed by atoms with van der Waals surface area (Å²) < 4.78 is 37.0. The molecule has 5 rings (SSSR count). The lowest BCUT2D eigenvalue weighted by Crippen LogP contribution is -2.80. The number of hydrogen-bond donors (Lipinski definition) is 3. The molecule has 2 heterocycles. The summed E-state index contributed by atoms with van der Waals surface area (Å²) in [5, 5.41) is 42.6. The number of phenolic OH excluding ortho intramolecular Hbond substituents is 1. The average molecular weight is 455 g/mol. The molecule has 172 valence electrons. The van der Waals surface area contributed by atoms with Gasteiger partial charge in [0.05, 0.1) is 12.0 Å². The average Bonchev–Trinajstić information content (AvgIpc) is 3.06. The minimum Gasteiger partial charge on any atom is -0.632 e. The summed E-state index contributed by atoms with van der Waals surface area (Å²) in [6, 6.07) is 2.69. The van der Waals surface area contributed by atoms with Crippen LogP contribution < -0.4 is 4.74 Å². The molecule has 11 heteroatoms. The van der Waals surface area contributed by atoms with E-state index in [1.807, 2.05) is 0 Å². The third-order valence-electron chi connectivity index (χ3n) is 7.19. The summed E-state index contributed by atoms with van der Waals surface area (Å²) in [6.45, 7) is 0.238. The fourth-order valence-corrected chi connectivity index (χ4v) is 5.93. The number of nitrogens with zero attached hydrogens (tertiary/aromatic N) is 1. The van der Waals surface area contributed by atoms with E-state index in [0.29, 0.717) is 18.6 Å². The Morgan fingerprint density at radius 3 is 2.62 bits per heavy atom. The van der Waals surface area contributed by atoms with Gasteiger partial charge in [0, 0.05) is 24.8 Å². The number of alkyl halides is 3. The molecule has 5 atom stereocenters. The zero-order valence-electron chi connectivity index (χ0n) is 16.7. The SMILES string of the molecule is C#CC[N+]1([O-])CC[C@]23c4c5ccc(O)c4O[C@H]2C(=O)CC[C@@]3(O)[C@H]1C5.O=C(O)C(F)(F)F. The van der Waals surface area contributed by atoms with Gasteiger partial charge in [0.2, 0.25) is 0 Å². The van der Waals surface area contributed by atoms with Crippen molar-refractivity contribution >= 4 is 11.8 Å². The summed E-state index contributed by atoms with van der Waals surface area (Å²) in [5.74, 6) is -0.0801. The number of carboxylic acids is 1. The van der Waals surface area contributed by atoms with Gasteiger partial charge in [-0.25, -0.2) is 4.79 Å². The second kappa shape index (κ2) is 6.84. The van der Waals surface area contributed by atoms with Gasteiger partial charge in [-0.2, -0.15) is 13.2 Å². The number of carbonyl (C=O) groups is 2. The van der Waals surface area contributed by atoms with Crippen LogP contribution in [-0.2, 0) is 21.4 Å². The first-order valence-corrected chi connectivity index (χ1v) is 9.90. The second-order valence-electron chi connectivity index (χ2n) is 8.62. The Morgan fingerprint density at radius 1 is 1.38 bits per heavy atom. The van der Waals surface area contributed by atoms with E-state index >= 15 is 0 Å². The number of quaternary nitrogens is 1. The maximum Gasteiger partial charge on any atom is 0.490 e. The summed E-state index contributed by atoms with van der Waals surface area (Å²) in [4.78, 5) is 21.5. The molecule has 1 unspecified atom stereocenters. The van der Waals surface area contributed by atoms with Gasteiger partial charge in [-0.1, -0.05) is 6.07 Å². The molecule has 1 spiro atoms. The van der Waals surface area contributed by atoms with Crippen LogP contribution in [0, 0.1) is 17.6 Å². The van der Waals surface area contributed by atoms with Crippen LogP contribution in [0.3, 0.4) is 0 Å². The number of carboxylic acid groups (broad SMARTS) is 1. The van der Waals surface area contributed by atoms with Crippen molar-refractivity contribution in [1.82, 2.24) is 0 Å². The van der Waals surface area contributed by atoms with E-state index in [9.17, 15) is 33.4 Å². The van der Waals surface area contributed by atoms with Crippen LogP contribution in [0.1, 0.15) is 30.4 Å². The molecule has 1 saturated carbocycles. The first kappa shape index (κ1) is 22.4. The molecule has 1 aromatic carbocycles. The first-order valence-electron chi connectivity index (χ1n) is 9.90. The summed E-state index contributed by atoms with van der Waals surface area (Å²) in [6.07, 6.45) is 0.614. The quantitative estimate of drug-likeness (QED) is 0.332. The van der Waals surface area contributed by atoms with Gasteiger partial charge in [0.25, 0.3) is 0 Å². The number of Topliss-reactive ketones (excluding diaryl/α,β-unsaturated/α-hetero) is 1. The van der Waals surface area contributed by atoms with Crippen molar-refractivity contribution in [3.05, 3.63) is 28.5 Å². The Kier molecular flexibility index (Phi) is 4.79. The van der Waals surface area contributed by atoms with E-state index in [1.54, 1.807) is 6.07 Å². The van der Waals surface area contributed by atoms with Crippen LogP contribution in [0.5, 0.6) is 11.5 Å². The molecule has 2 bridgehead atoms. The molecule has 8 nitrogen and oxygen atoms in total. The summed E-state index contributed by atoms with van der Waals surface area (Å²) >= 11 is 0. The second-order valence-corrected chi connectivity index (χ2v) is 8.62. The van der Waals surface area contributed by atoms with E-state index in [4.69, 9.17) is 21.1 Å². The van der Waals surface area contributed by atoms with Crippen molar-refractivity contribution in [2.75, 3.05) is 13.1 Å². The summed E-state index contributed by atoms with van der Waals surface area (Å²) in [5.41, 5.74) is -0.699. The number of likely N-dealkylation sites (tertiary alicyclic amines) is 1. The van der Waals surface area contributed by atoms with E-state index in [1.165, 1.54) is 6.07 Å². The van der Waals surface area contributed by atoms with Crippen LogP contribution in [0.2, 0.25) is 0 Å². The molecule has 4 aliphatic rings. The maximum absolute atomic E-state index is 13.5. The van der Waals surface area contributed by atoms with Crippen molar-refractivity contribution in [1.29, 1.82) is 0 Å². The van der Waals surface area contributed by atoms with Gasteiger partial charge in [-0.3, -0.25) is 4.79 Å². The highest BCUT2D eigenvalue weighted by atomic mass is 19.4. The molecular weight excluding hydrogens is 435 g/mol. The topological polar surface area (TPSA) is 127 Å². The number of carbonyl (C=O) groups excluding carboxylic acids is 1.